The van der Waals surface area contributed by atoms with Crippen LogP contribution in [0.4, 0.5) is 19.3 Å². The van der Waals surface area contributed by atoms with Crippen molar-refractivity contribution in [3.8, 4) is 11.4 Å². The third kappa shape index (κ3) is 8.90. The first-order valence-corrected chi connectivity index (χ1v) is 14.5. The molecule has 4 aromatic rings. The van der Waals surface area contributed by atoms with Gasteiger partial charge >= 0.3 is 12.0 Å². The van der Waals surface area contributed by atoms with Crippen molar-refractivity contribution in [3.63, 3.8) is 0 Å². The first-order chi connectivity index (χ1) is 22.5. The van der Waals surface area contributed by atoms with Gasteiger partial charge in [-0.3, -0.25) is 34.0 Å². The molecule has 0 aliphatic carbocycles. The average molecular weight is 647 g/mol. The Morgan fingerprint density at radius 3 is 2.19 bits per heavy atom. The number of ketones is 1. The summed E-state index contributed by atoms with van der Waals surface area (Å²) in [4.78, 5) is 72.7. The summed E-state index contributed by atoms with van der Waals surface area (Å²) in [6.07, 6.45) is 2.99. The molecule has 47 heavy (non-hydrogen) atoms. The third-order valence-corrected chi connectivity index (χ3v) is 6.89. The fraction of sp³-hybridized carbons (Fsp3) is 0.242. The summed E-state index contributed by atoms with van der Waals surface area (Å²) in [5.41, 5.74) is 0.466. The molecule has 3 amide bonds. The third-order valence-electron chi connectivity index (χ3n) is 6.89. The second-order valence-corrected chi connectivity index (χ2v) is 10.7. The average Bonchev–Trinajstić information content (AvgIpc) is 3.07. The normalized spacial score (nSPS) is 11.8. The van der Waals surface area contributed by atoms with Crippen LogP contribution in [0.3, 0.4) is 0 Å². The molecule has 12 nitrogen and oxygen atoms in total. The van der Waals surface area contributed by atoms with Crippen LogP contribution >= 0.6 is 0 Å². The molecule has 14 heteroatoms. The van der Waals surface area contributed by atoms with Gasteiger partial charge in [0.25, 0.3) is 11.5 Å². The van der Waals surface area contributed by atoms with Crippen LogP contribution in [-0.4, -0.2) is 50.2 Å². The highest BCUT2D eigenvalue weighted by Gasteiger charge is 2.51. The van der Waals surface area contributed by atoms with Crippen molar-refractivity contribution in [1.82, 2.24) is 25.2 Å². The number of aromatic nitrogens is 3. The van der Waals surface area contributed by atoms with Crippen molar-refractivity contribution >= 4 is 29.4 Å². The molecule has 0 spiro atoms. The Balaban J connectivity index is 1.52. The van der Waals surface area contributed by atoms with E-state index in [1.54, 1.807) is 60.7 Å². The zero-order valence-electron chi connectivity index (χ0n) is 25.5. The smallest absolute Gasteiger partial charge is 0.412 e. The van der Waals surface area contributed by atoms with Crippen molar-refractivity contribution < 1.29 is 32.7 Å². The number of pyridine rings is 1. The molecule has 2 aromatic carbocycles. The van der Waals surface area contributed by atoms with Crippen LogP contribution < -0.4 is 21.5 Å². The van der Waals surface area contributed by atoms with Crippen LogP contribution in [0.2, 0.25) is 0 Å². The second kappa shape index (κ2) is 15.5. The lowest BCUT2D eigenvalue weighted by Crippen LogP contribution is -2.56. The number of ether oxygens (including phenoxy) is 1. The number of anilines is 1. The molecule has 4 rings (SSSR count). The van der Waals surface area contributed by atoms with Crippen LogP contribution in [0.15, 0.2) is 96.2 Å². The number of carbonyl (C=O) groups excluding carboxylic acids is 4. The van der Waals surface area contributed by atoms with Gasteiger partial charge in [0.1, 0.15) is 24.7 Å². The van der Waals surface area contributed by atoms with E-state index in [4.69, 9.17) is 4.74 Å². The minimum atomic E-state index is -4.48. The van der Waals surface area contributed by atoms with Gasteiger partial charge in [-0.1, -0.05) is 74.5 Å². The maximum absolute atomic E-state index is 15.1. The number of alkyl halides is 2. The van der Waals surface area contributed by atoms with Gasteiger partial charge in [0, 0.05) is 24.5 Å². The van der Waals surface area contributed by atoms with E-state index in [1.807, 2.05) is 5.32 Å². The number of nitrogens with one attached hydrogen (secondary N) is 3. The molecule has 0 saturated heterocycles. The van der Waals surface area contributed by atoms with E-state index in [-0.39, 0.29) is 24.7 Å². The fourth-order valence-corrected chi connectivity index (χ4v) is 4.41. The Labute approximate surface area is 268 Å². The molecule has 0 saturated carbocycles. The molecule has 3 N–H and O–H groups in total. The highest BCUT2D eigenvalue weighted by atomic mass is 19.3. The number of Topliss-reactive ketones (excluding diaryl/α,β-unsaturated/α-hetero) is 1. The van der Waals surface area contributed by atoms with Gasteiger partial charge in [-0.05, 0) is 29.2 Å². The molecule has 244 valence electrons. The Morgan fingerprint density at radius 2 is 1.55 bits per heavy atom. The molecule has 1 atom stereocenters. The quantitative estimate of drug-likeness (QED) is 0.185. The summed E-state index contributed by atoms with van der Waals surface area (Å²) in [6.45, 7) is 1.73. The van der Waals surface area contributed by atoms with E-state index in [0.29, 0.717) is 16.7 Å². The standard InChI is InChI=1S/C33H32F2N6O6/c1-21(2)27(28(43)33(34,35)31(45)38-17-22-13-15-36-16-14-22)40-26(42)19-41-29(24-11-7-4-8-12-24)37-18-25(30(41)44)39-32(46)47-20-23-9-5-3-6-10-23/h3-16,18,21,27H,17,19-20H2,1-2H3,(H,38,45)(H,39,46)(H,40,42). The van der Waals surface area contributed by atoms with E-state index in [0.717, 1.165) is 10.8 Å². The Morgan fingerprint density at radius 1 is 0.915 bits per heavy atom. The molecular weight excluding hydrogens is 614 g/mol. The number of halogens is 2. The topological polar surface area (TPSA) is 161 Å². The Bertz CT molecular complexity index is 1770. The molecule has 0 radical (unpaired) electrons. The fourth-order valence-electron chi connectivity index (χ4n) is 4.41. The van der Waals surface area contributed by atoms with Crippen molar-refractivity contribution in [1.29, 1.82) is 0 Å². The van der Waals surface area contributed by atoms with Crippen LogP contribution in [0, 0.1) is 5.92 Å². The molecular formula is C33H32F2N6O6. The zero-order valence-corrected chi connectivity index (χ0v) is 25.5. The van der Waals surface area contributed by atoms with E-state index >= 15 is 8.78 Å². The number of hydrogen-bond donors (Lipinski definition) is 3. The maximum atomic E-state index is 15.1. The van der Waals surface area contributed by atoms with Crippen molar-refractivity contribution in [2.75, 3.05) is 5.32 Å². The van der Waals surface area contributed by atoms with E-state index < -0.39 is 53.7 Å². The minimum absolute atomic E-state index is 0.0298. The first kappa shape index (κ1) is 34.1. The number of rotatable bonds is 13. The highest BCUT2D eigenvalue weighted by molar-refractivity contribution is 6.10. The van der Waals surface area contributed by atoms with E-state index in [9.17, 15) is 24.0 Å². The molecule has 0 aliphatic rings. The van der Waals surface area contributed by atoms with Crippen molar-refractivity contribution in [3.05, 3.63) is 113 Å². The zero-order chi connectivity index (χ0) is 34.0. The monoisotopic (exact) mass is 646 g/mol. The summed E-state index contributed by atoms with van der Waals surface area (Å²) in [7, 11) is 0. The molecule has 1 unspecified atom stereocenters. The van der Waals surface area contributed by atoms with Gasteiger partial charge in [0.2, 0.25) is 11.7 Å². The number of hydrogen-bond acceptors (Lipinski definition) is 8. The minimum Gasteiger partial charge on any atom is -0.444 e. The number of carbonyl (C=O) groups is 4. The van der Waals surface area contributed by atoms with E-state index in [1.165, 1.54) is 38.4 Å². The summed E-state index contributed by atoms with van der Waals surface area (Å²) >= 11 is 0. The highest BCUT2D eigenvalue weighted by Crippen LogP contribution is 2.22. The van der Waals surface area contributed by atoms with Gasteiger partial charge in [0.15, 0.2) is 0 Å². The second-order valence-electron chi connectivity index (χ2n) is 10.7. The van der Waals surface area contributed by atoms with Gasteiger partial charge in [-0.25, -0.2) is 9.78 Å². The van der Waals surface area contributed by atoms with Crippen LogP contribution in [-0.2, 0) is 38.8 Å². The van der Waals surface area contributed by atoms with Crippen molar-refractivity contribution in [2.45, 2.75) is 45.5 Å². The summed E-state index contributed by atoms with van der Waals surface area (Å²) in [5.74, 6) is -9.95. The Kier molecular flexibility index (Phi) is 11.2. The predicted octanol–water partition coefficient (Wildman–Crippen LogP) is 3.72. The largest absolute Gasteiger partial charge is 0.444 e. The van der Waals surface area contributed by atoms with Crippen LogP contribution in [0.1, 0.15) is 25.0 Å². The van der Waals surface area contributed by atoms with Crippen LogP contribution in [0.25, 0.3) is 11.4 Å². The SMILES string of the molecule is CC(C)C(NC(=O)Cn1c(-c2ccccc2)ncc(NC(=O)OCc2ccccc2)c1=O)C(=O)C(F)(F)C(=O)NCc1ccncc1. The molecule has 2 heterocycles. The Hall–Kier alpha value is -5.79. The van der Waals surface area contributed by atoms with Gasteiger partial charge < -0.3 is 15.4 Å². The van der Waals surface area contributed by atoms with Gasteiger partial charge in [0.05, 0.1) is 12.2 Å². The lowest BCUT2D eigenvalue weighted by Gasteiger charge is -2.25. The van der Waals surface area contributed by atoms with Gasteiger partial charge in [-0.2, -0.15) is 8.78 Å². The molecule has 0 fully saturated rings. The number of benzene rings is 2. The first-order valence-electron chi connectivity index (χ1n) is 14.5. The van der Waals surface area contributed by atoms with Gasteiger partial charge in [-0.15, -0.1) is 0 Å². The van der Waals surface area contributed by atoms with Crippen molar-refractivity contribution in [2.24, 2.45) is 5.92 Å². The maximum Gasteiger partial charge on any atom is 0.412 e. The molecule has 0 bridgehead atoms. The lowest BCUT2D eigenvalue weighted by molar-refractivity contribution is -0.161. The summed E-state index contributed by atoms with van der Waals surface area (Å²) in [5, 5.41) is 6.60. The number of amides is 3. The molecule has 0 aliphatic heterocycles. The predicted molar refractivity (Wildman–Crippen MR) is 167 cm³/mol. The van der Waals surface area contributed by atoms with E-state index in [2.05, 4.69) is 20.6 Å². The summed E-state index contributed by atoms with van der Waals surface area (Å²) < 4.78 is 36.2. The lowest BCUT2D eigenvalue weighted by atomic mass is 9.95. The van der Waals surface area contributed by atoms with Crippen LogP contribution in [0.5, 0.6) is 0 Å². The number of nitrogens with zero attached hydrogens (tertiary/aromatic N) is 3. The summed E-state index contributed by atoms with van der Waals surface area (Å²) in [6, 6.07) is 18.4. The molecule has 2 aromatic heterocycles.